The zero-order valence-electron chi connectivity index (χ0n) is 52.8. The van der Waals surface area contributed by atoms with E-state index in [9.17, 15) is 19.5 Å². The Morgan fingerprint density at radius 1 is 0.380 bits per heavy atom. The molecule has 2 atom stereocenters. The number of carbonyl (C=O) groups is 3. The van der Waals surface area contributed by atoms with Crippen LogP contribution >= 0.6 is 0 Å². The molecule has 9 heteroatoms. The molecule has 79 heavy (non-hydrogen) atoms. The number of esters is 2. The van der Waals surface area contributed by atoms with Crippen LogP contribution < -0.4 is 5.11 Å². The van der Waals surface area contributed by atoms with Gasteiger partial charge in [-0.15, -0.1) is 0 Å². The summed E-state index contributed by atoms with van der Waals surface area (Å²) in [6.45, 7) is 4.74. The summed E-state index contributed by atoms with van der Waals surface area (Å²) in [5, 5.41) is 11.8. The summed E-state index contributed by atoms with van der Waals surface area (Å²) in [7, 11) is 5.93. The van der Waals surface area contributed by atoms with Crippen molar-refractivity contribution in [1.29, 1.82) is 0 Å². The van der Waals surface area contributed by atoms with E-state index in [2.05, 4.69) is 62.5 Å². The molecule has 2 unspecified atom stereocenters. The van der Waals surface area contributed by atoms with Gasteiger partial charge in [0, 0.05) is 12.8 Å². The smallest absolute Gasteiger partial charge is 0.306 e. The Bertz CT molecular complexity index is 1430. The average Bonchev–Trinajstić information content (AvgIpc) is 3.42. The van der Waals surface area contributed by atoms with Crippen molar-refractivity contribution in [1.82, 2.24) is 0 Å². The average molecular weight is 1110 g/mol. The second-order valence-corrected chi connectivity index (χ2v) is 24.1. The lowest BCUT2D eigenvalue weighted by Crippen LogP contribution is -2.44. The van der Waals surface area contributed by atoms with Gasteiger partial charge in [0.15, 0.2) is 12.4 Å². The standard InChI is InChI=1S/C70H129NO8/c1-6-8-10-12-14-16-18-20-21-22-23-24-25-26-27-28-29-30-31-32-33-34-35-36-37-38-39-40-41-42-43-44-45-46-47-49-51-53-55-57-59-61-68(73)79-66(65-78-70(69(74)75)76-63-62-71(3,4)5)64-77-67(72)60-58-56-54-52-50-48-19-17-15-13-11-9-7-2/h17-20,22-23,25-26,66,70H,6-16,21,24,27-65H2,1-5H3/b19-17-,20-18-,23-22-,26-25-. The normalized spacial score (nSPS) is 13.0. The SMILES string of the molecule is CCCCCC/C=C\CCCCCCCC(=O)OCC(COC(OCC[N+](C)(C)C)C(=O)[O-])OC(=O)CCCCCCCCCCCCCCCCCCCCCCCCCCCC/C=C\C/C=C\C/C=C\CCCCCCC. The highest BCUT2D eigenvalue weighted by atomic mass is 16.7. The topological polar surface area (TPSA) is 111 Å². The first kappa shape index (κ1) is 76.2. The molecule has 0 aromatic heterocycles. The number of ether oxygens (including phenoxy) is 4. The first-order valence-electron chi connectivity index (χ1n) is 33.8. The Kier molecular flexibility index (Phi) is 59.2. The molecule has 0 rings (SSSR count). The van der Waals surface area contributed by atoms with Crippen molar-refractivity contribution >= 4 is 17.9 Å². The van der Waals surface area contributed by atoms with Crippen LogP contribution in [0, 0.1) is 0 Å². The van der Waals surface area contributed by atoms with Crippen LogP contribution in [0.3, 0.4) is 0 Å². The highest BCUT2D eigenvalue weighted by molar-refractivity contribution is 5.70. The van der Waals surface area contributed by atoms with Crippen molar-refractivity contribution in [2.45, 2.75) is 334 Å². The Morgan fingerprint density at radius 3 is 1.04 bits per heavy atom. The predicted octanol–water partition coefficient (Wildman–Crippen LogP) is 19.2. The number of rotatable bonds is 63. The second-order valence-electron chi connectivity index (χ2n) is 24.1. The van der Waals surface area contributed by atoms with Crippen LogP contribution in [-0.4, -0.2) is 82.3 Å². The number of likely N-dealkylation sites (N-methyl/N-ethyl adjacent to an activating group) is 1. The highest BCUT2D eigenvalue weighted by Gasteiger charge is 2.22. The van der Waals surface area contributed by atoms with Crippen molar-refractivity contribution in [3.05, 3.63) is 48.6 Å². The first-order valence-corrected chi connectivity index (χ1v) is 33.8. The van der Waals surface area contributed by atoms with E-state index in [-0.39, 0.29) is 38.6 Å². The van der Waals surface area contributed by atoms with Crippen molar-refractivity contribution in [3.8, 4) is 0 Å². The number of carboxylic acids is 1. The molecule has 462 valence electrons. The molecule has 0 spiro atoms. The molecule has 0 saturated carbocycles. The van der Waals surface area contributed by atoms with Gasteiger partial charge in [0.2, 0.25) is 0 Å². The van der Waals surface area contributed by atoms with E-state index in [1.165, 1.54) is 225 Å². The minimum Gasteiger partial charge on any atom is -0.545 e. The molecular weight excluding hydrogens is 983 g/mol. The number of unbranched alkanes of at least 4 members (excludes halogenated alkanes) is 40. The maximum absolute atomic E-state index is 12.9. The molecule has 0 aromatic carbocycles. The summed E-state index contributed by atoms with van der Waals surface area (Å²) >= 11 is 0. The lowest BCUT2D eigenvalue weighted by molar-refractivity contribution is -0.870. The van der Waals surface area contributed by atoms with Crippen LogP contribution in [0.25, 0.3) is 0 Å². The second kappa shape index (κ2) is 61.3. The molecule has 0 aliphatic heterocycles. The van der Waals surface area contributed by atoms with Gasteiger partial charge < -0.3 is 33.3 Å². The van der Waals surface area contributed by atoms with Gasteiger partial charge in [-0.05, 0) is 77.0 Å². The zero-order valence-corrected chi connectivity index (χ0v) is 52.8. The van der Waals surface area contributed by atoms with Crippen molar-refractivity contribution in [2.75, 3.05) is 47.5 Å². The quantitative estimate of drug-likeness (QED) is 0.0195. The minimum absolute atomic E-state index is 0.148. The first-order chi connectivity index (χ1) is 38.6. The third-order valence-electron chi connectivity index (χ3n) is 15.0. The Hall–Kier alpha value is -2.75. The van der Waals surface area contributed by atoms with Crippen LogP contribution in [0.4, 0.5) is 0 Å². The minimum atomic E-state index is -1.62. The fourth-order valence-corrected chi connectivity index (χ4v) is 9.84. The maximum Gasteiger partial charge on any atom is 0.306 e. The maximum atomic E-state index is 12.9. The van der Waals surface area contributed by atoms with Gasteiger partial charge in [0.1, 0.15) is 13.2 Å². The largest absolute Gasteiger partial charge is 0.545 e. The van der Waals surface area contributed by atoms with E-state index in [0.29, 0.717) is 17.4 Å². The Labute approximate surface area is 489 Å². The molecule has 0 amide bonds. The van der Waals surface area contributed by atoms with Crippen molar-refractivity contribution in [3.63, 3.8) is 0 Å². The molecule has 0 aliphatic carbocycles. The van der Waals surface area contributed by atoms with Crippen LogP contribution in [0.15, 0.2) is 48.6 Å². The van der Waals surface area contributed by atoms with E-state index in [4.69, 9.17) is 18.9 Å². The summed E-state index contributed by atoms with van der Waals surface area (Å²) in [5.41, 5.74) is 0. The summed E-state index contributed by atoms with van der Waals surface area (Å²) in [6, 6.07) is 0. The molecule has 0 heterocycles. The molecule has 0 N–H and O–H groups in total. The summed E-state index contributed by atoms with van der Waals surface area (Å²) < 4.78 is 22.7. The van der Waals surface area contributed by atoms with Gasteiger partial charge >= 0.3 is 11.9 Å². The van der Waals surface area contributed by atoms with Gasteiger partial charge in [0.25, 0.3) is 0 Å². The third-order valence-corrected chi connectivity index (χ3v) is 15.0. The Morgan fingerprint density at radius 2 is 0.684 bits per heavy atom. The molecular formula is C70H129NO8. The number of carboxylic acid groups (broad SMARTS) is 1. The van der Waals surface area contributed by atoms with Gasteiger partial charge in [0.05, 0.1) is 40.3 Å². The van der Waals surface area contributed by atoms with Gasteiger partial charge in [-0.1, -0.05) is 281 Å². The highest BCUT2D eigenvalue weighted by Crippen LogP contribution is 2.18. The fourth-order valence-electron chi connectivity index (χ4n) is 9.84. The van der Waals surface area contributed by atoms with Gasteiger partial charge in [-0.3, -0.25) is 9.59 Å². The molecule has 0 bridgehead atoms. The van der Waals surface area contributed by atoms with E-state index < -0.39 is 24.3 Å². The monoisotopic (exact) mass is 1110 g/mol. The van der Waals surface area contributed by atoms with Crippen LogP contribution in [0.2, 0.25) is 0 Å². The van der Waals surface area contributed by atoms with Gasteiger partial charge in [-0.2, -0.15) is 0 Å². The fraction of sp³-hybridized carbons (Fsp3) is 0.843. The number of hydrogen-bond acceptors (Lipinski definition) is 8. The van der Waals surface area contributed by atoms with Crippen LogP contribution in [0.1, 0.15) is 322 Å². The molecule has 0 saturated heterocycles. The van der Waals surface area contributed by atoms with Crippen molar-refractivity contribution < 1.29 is 42.9 Å². The lowest BCUT2D eigenvalue weighted by atomic mass is 10.0. The number of allylic oxidation sites excluding steroid dienone is 8. The Balaban J connectivity index is 3.90. The molecule has 0 aliphatic rings. The van der Waals surface area contributed by atoms with E-state index in [0.717, 1.165) is 64.2 Å². The molecule has 0 fully saturated rings. The van der Waals surface area contributed by atoms with E-state index in [1.54, 1.807) is 0 Å². The summed E-state index contributed by atoms with van der Waals surface area (Å²) in [6.07, 6.45) is 75.0. The number of nitrogens with zero attached hydrogens (tertiary/aromatic N) is 1. The van der Waals surface area contributed by atoms with E-state index in [1.807, 2.05) is 21.1 Å². The zero-order chi connectivity index (χ0) is 57.6. The lowest BCUT2D eigenvalue weighted by Gasteiger charge is -2.26. The van der Waals surface area contributed by atoms with E-state index >= 15 is 0 Å². The molecule has 9 nitrogen and oxygen atoms in total. The predicted molar refractivity (Wildman–Crippen MR) is 334 cm³/mol. The summed E-state index contributed by atoms with van der Waals surface area (Å²) in [5.74, 6) is -2.28. The third kappa shape index (κ3) is 62.7. The van der Waals surface area contributed by atoms with Crippen LogP contribution in [-0.2, 0) is 33.3 Å². The number of aliphatic carboxylic acids is 1. The van der Waals surface area contributed by atoms with Crippen LogP contribution in [0.5, 0.6) is 0 Å². The molecule has 0 radical (unpaired) electrons. The van der Waals surface area contributed by atoms with Crippen molar-refractivity contribution in [2.24, 2.45) is 0 Å². The number of hydrogen-bond donors (Lipinski definition) is 0. The molecule has 0 aromatic rings. The summed E-state index contributed by atoms with van der Waals surface area (Å²) in [4.78, 5) is 37.3. The number of carbonyl (C=O) groups excluding carboxylic acids is 3. The van der Waals surface area contributed by atoms with Gasteiger partial charge in [-0.25, -0.2) is 0 Å². The number of quaternary nitrogens is 1.